The molecule has 6 atom stereocenters. The maximum absolute atomic E-state index is 13.1. The summed E-state index contributed by atoms with van der Waals surface area (Å²) in [6, 6.07) is 0. The van der Waals surface area contributed by atoms with E-state index in [9.17, 15) is 4.79 Å². The van der Waals surface area contributed by atoms with Crippen LogP contribution < -0.4 is 0 Å². The van der Waals surface area contributed by atoms with Crippen molar-refractivity contribution in [1.29, 1.82) is 0 Å². The summed E-state index contributed by atoms with van der Waals surface area (Å²) in [5, 5.41) is 0.430. The summed E-state index contributed by atoms with van der Waals surface area (Å²) in [6.45, 7) is 29.2. The predicted molar refractivity (Wildman–Crippen MR) is 155 cm³/mol. The summed E-state index contributed by atoms with van der Waals surface area (Å²) in [6.07, 6.45) is 8.49. The minimum Gasteiger partial charge on any atom is -0.466 e. The van der Waals surface area contributed by atoms with Crippen molar-refractivity contribution in [2.45, 2.75) is 143 Å². The number of ether oxygens (including phenoxy) is 1. The van der Waals surface area contributed by atoms with E-state index in [-0.39, 0.29) is 32.8 Å². The minimum atomic E-state index is -1.83. The third-order valence-electron chi connectivity index (χ3n) is 11.5. The van der Waals surface area contributed by atoms with Crippen molar-refractivity contribution in [3.05, 3.63) is 0 Å². The molecule has 3 fully saturated rings. The molecule has 210 valence electrons. The van der Waals surface area contributed by atoms with Crippen LogP contribution in [0.25, 0.3) is 0 Å². The maximum atomic E-state index is 13.1. The Hall–Kier alpha value is -0.176. The van der Waals surface area contributed by atoms with Gasteiger partial charge in [0.2, 0.25) is 0 Å². The van der Waals surface area contributed by atoms with E-state index < -0.39 is 16.6 Å². The topological polar surface area (TPSA) is 44.8 Å². The van der Waals surface area contributed by atoms with Crippen LogP contribution >= 0.6 is 0 Å². The van der Waals surface area contributed by atoms with Crippen molar-refractivity contribution in [1.82, 2.24) is 0 Å². The van der Waals surface area contributed by atoms with Crippen LogP contribution in [0.3, 0.4) is 0 Å². The highest BCUT2D eigenvalue weighted by Gasteiger charge is 2.69. The van der Waals surface area contributed by atoms with E-state index in [4.69, 9.17) is 13.6 Å². The molecule has 0 saturated heterocycles. The molecule has 6 heteroatoms. The quantitative estimate of drug-likeness (QED) is 0.218. The fourth-order valence-electron chi connectivity index (χ4n) is 7.19. The van der Waals surface area contributed by atoms with Gasteiger partial charge in [-0.2, -0.15) is 0 Å². The average Bonchev–Trinajstić information content (AvgIpc) is 3.32. The molecule has 0 bridgehead atoms. The predicted octanol–water partition coefficient (Wildman–Crippen LogP) is 8.57. The van der Waals surface area contributed by atoms with Crippen LogP contribution in [0.4, 0.5) is 0 Å². The van der Waals surface area contributed by atoms with Gasteiger partial charge in [-0.15, -0.1) is 0 Å². The summed E-state index contributed by atoms with van der Waals surface area (Å²) in [4.78, 5) is 13.1. The highest BCUT2D eigenvalue weighted by atomic mass is 28.4. The largest absolute Gasteiger partial charge is 0.466 e. The zero-order valence-electron chi connectivity index (χ0n) is 25.8. The van der Waals surface area contributed by atoms with E-state index >= 15 is 0 Å². The number of hydrogen-bond donors (Lipinski definition) is 0. The molecule has 0 spiro atoms. The van der Waals surface area contributed by atoms with Gasteiger partial charge in [0.1, 0.15) is 0 Å². The van der Waals surface area contributed by atoms with E-state index in [1.54, 1.807) is 0 Å². The Morgan fingerprint density at radius 2 is 1.56 bits per heavy atom. The van der Waals surface area contributed by atoms with E-state index in [1.165, 1.54) is 32.1 Å². The number of hydrogen-bond acceptors (Lipinski definition) is 4. The van der Waals surface area contributed by atoms with Crippen molar-refractivity contribution in [3.8, 4) is 0 Å². The maximum Gasteiger partial charge on any atom is 0.309 e. The zero-order valence-corrected chi connectivity index (χ0v) is 27.8. The van der Waals surface area contributed by atoms with Crippen molar-refractivity contribution < 1.29 is 18.4 Å². The third kappa shape index (κ3) is 5.58. The molecule has 36 heavy (non-hydrogen) atoms. The van der Waals surface area contributed by atoms with E-state index in [1.807, 2.05) is 6.92 Å². The molecule has 0 aromatic carbocycles. The second-order valence-electron chi connectivity index (χ2n) is 15.7. The van der Waals surface area contributed by atoms with Crippen LogP contribution in [0.15, 0.2) is 0 Å². The second kappa shape index (κ2) is 10.1. The highest BCUT2D eigenvalue weighted by Crippen LogP contribution is 2.72. The molecule has 2 unspecified atom stereocenters. The Labute approximate surface area is 225 Å². The molecule has 3 aliphatic carbocycles. The van der Waals surface area contributed by atoms with Crippen LogP contribution in [-0.2, 0) is 18.4 Å². The van der Waals surface area contributed by atoms with Crippen LogP contribution in [-0.4, -0.2) is 41.9 Å². The van der Waals surface area contributed by atoms with Crippen LogP contribution in [0, 0.1) is 28.6 Å². The van der Waals surface area contributed by atoms with Crippen molar-refractivity contribution in [2.75, 3.05) is 13.2 Å². The van der Waals surface area contributed by atoms with Crippen molar-refractivity contribution >= 4 is 22.6 Å². The van der Waals surface area contributed by atoms with Crippen molar-refractivity contribution in [3.63, 3.8) is 0 Å². The first-order valence-electron chi connectivity index (χ1n) is 14.8. The molecule has 3 saturated carbocycles. The normalized spacial score (nSPS) is 35.4. The lowest BCUT2D eigenvalue weighted by Gasteiger charge is -2.50. The molecule has 3 rings (SSSR count). The van der Waals surface area contributed by atoms with Gasteiger partial charge in [-0.05, 0) is 104 Å². The first-order chi connectivity index (χ1) is 16.3. The number of rotatable bonds is 9. The standard InChI is InChI=1S/C30H58O4Si2/c1-13-32-26(31)23-21-30(23,19-20-33-35(9,10)27(2,3)4)25-17-16-22-24(15-14-18-29(22,25)8)34-36(11,12)28(5,6)7/h22-25H,13-21H2,1-12H3/t22-,23?,24-,25-,29-,30?/m0/s1. The third-order valence-corrected chi connectivity index (χ3v) is 20.6. The SMILES string of the molecule is CCOC(=O)C1CC1(CCO[Si](C)(C)C(C)(C)C)[C@H]1CC[C@H]2[C@@H](O[Si](C)(C)C(C)(C)C)CCC[C@]12C. The smallest absolute Gasteiger partial charge is 0.309 e. The minimum absolute atomic E-state index is 0.0294. The number of carbonyl (C=O) groups is 1. The van der Waals surface area contributed by atoms with Crippen molar-refractivity contribution in [2.24, 2.45) is 28.6 Å². The molecular weight excluding hydrogens is 480 g/mol. The van der Waals surface area contributed by atoms with Crippen LogP contribution in [0.1, 0.15) is 100 Å². The average molecular weight is 539 g/mol. The van der Waals surface area contributed by atoms with Gasteiger partial charge in [0.05, 0.1) is 12.5 Å². The molecule has 0 N–H and O–H groups in total. The van der Waals surface area contributed by atoms with E-state index in [2.05, 4.69) is 74.7 Å². The monoisotopic (exact) mass is 538 g/mol. The summed E-state index contributed by atoms with van der Waals surface area (Å²) in [5.74, 6) is 1.23. The molecule has 0 heterocycles. The molecular formula is C30H58O4Si2. The van der Waals surface area contributed by atoms with Crippen LogP contribution in [0.5, 0.6) is 0 Å². The Kier molecular flexibility index (Phi) is 8.51. The molecule has 0 aromatic heterocycles. The van der Waals surface area contributed by atoms with Gasteiger partial charge in [-0.3, -0.25) is 4.79 Å². The van der Waals surface area contributed by atoms with E-state index in [0.29, 0.717) is 24.5 Å². The summed E-state index contributed by atoms with van der Waals surface area (Å²) in [5.41, 5.74) is 0.278. The Morgan fingerprint density at radius 3 is 2.11 bits per heavy atom. The molecule has 0 amide bonds. The lowest BCUT2D eigenvalue weighted by atomic mass is 9.60. The fraction of sp³-hybridized carbons (Fsp3) is 0.967. The van der Waals surface area contributed by atoms with Gasteiger partial charge in [-0.25, -0.2) is 0 Å². The molecule has 4 nitrogen and oxygen atoms in total. The first-order valence-corrected chi connectivity index (χ1v) is 20.6. The number of carbonyl (C=O) groups excluding carboxylic acids is 1. The summed E-state index contributed by atoms with van der Waals surface area (Å²) < 4.78 is 19.4. The van der Waals surface area contributed by atoms with Gasteiger partial charge in [0, 0.05) is 12.7 Å². The van der Waals surface area contributed by atoms with Gasteiger partial charge in [0.25, 0.3) is 0 Å². The molecule has 3 aliphatic rings. The number of esters is 1. The van der Waals surface area contributed by atoms with Gasteiger partial charge >= 0.3 is 5.97 Å². The second-order valence-corrected chi connectivity index (χ2v) is 25.2. The Bertz CT molecular complexity index is 796. The zero-order chi connectivity index (χ0) is 27.4. The Balaban J connectivity index is 1.83. The highest BCUT2D eigenvalue weighted by molar-refractivity contribution is 6.74. The lowest BCUT2D eigenvalue weighted by Crippen LogP contribution is -2.50. The summed E-state index contributed by atoms with van der Waals surface area (Å²) >= 11 is 0. The number of fused-ring (bicyclic) bond motifs is 1. The molecule has 0 radical (unpaired) electrons. The Morgan fingerprint density at radius 1 is 0.944 bits per heavy atom. The van der Waals surface area contributed by atoms with Gasteiger partial charge in [-0.1, -0.05) is 54.9 Å². The summed E-state index contributed by atoms with van der Waals surface area (Å²) in [7, 11) is -3.65. The van der Waals surface area contributed by atoms with E-state index in [0.717, 1.165) is 19.4 Å². The molecule has 0 aliphatic heterocycles. The fourth-order valence-corrected chi connectivity index (χ4v) is 9.63. The first kappa shape index (κ1) is 30.4. The van der Waals surface area contributed by atoms with Gasteiger partial charge < -0.3 is 13.6 Å². The van der Waals surface area contributed by atoms with Crippen LogP contribution in [0.2, 0.25) is 36.3 Å². The molecule has 0 aromatic rings. The lowest BCUT2D eigenvalue weighted by molar-refractivity contribution is -0.146. The van der Waals surface area contributed by atoms with Gasteiger partial charge in [0.15, 0.2) is 16.6 Å².